The number of rotatable bonds is 5. The van der Waals surface area contributed by atoms with Gasteiger partial charge in [0.05, 0.1) is 28.2 Å². The molecule has 11 heteroatoms. The summed E-state index contributed by atoms with van der Waals surface area (Å²) in [6.45, 7) is 5.10. The number of halogens is 3. The molecule has 5 rings (SSSR count). The van der Waals surface area contributed by atoms with Gasteiger partial charge in [-0.05, 0) is 56.5 Å². The van der Waals surface area contributed by atoms with Crippen molar-refractivity contribution in [1.82, 2.24) is 13.9 Å². The summed E-state index contributed by atoms with van der Waals surface area (Å²) in [5, 5.41) is 20.5. The molecule has 0 spiro atoms. The van der Waals surface area contributed by atoms with E-state index in [0.717, 1.165) is 15.6 Å². The maximum Gasteiger partial charge on any atom is 0.428 e. The van der Waals surface area contributed by atoms with Crippen LogP contribution in [0, 0.1) is 18.3 Å². The van der Waals surface area contributed by atoms with Gasteiger partial charge in [-0.3, -0.25) is 0 Å². The number of aromatic nitrogens is 3. The summed E-state index contributed by atoms with van der Waals surface area (Å²) >= 11 is 0. The van der Waals surface area contributed by atoms with E-state index in [2.05, 4.69) is 9.97 Å². The van der Waals surface area contributed by atoms with E-state index in [1.807, 2.05) is 19.1 Å². The molecule has 2 N–H and O–H groups in total. The van der Waals surface area contributed by atoms with E-state index >= 15 is 0 Å². The molecule has 1 aliphatic rings. The Morgan fingerprint density at radius 2 is 1.97 bits per heavy atom. The van der Waals surface area contributed by atoms with Gasteiger partial charge in [-0.25, -0.2) is 17.4 Å². The van der Waals surface area contributed by atoms with Crippen molar-refractivity contribution in [3.05, 3.63) is 88.9 Å². The first-order valence-electron chi connectivity index (χ1n) is 12.2. The fraction of sp³-hybridized carbons (Fsp3) is 0.286. The highest BCUT2D eigenvalue weighted by Gasteiger charge is 2.59. The quantitative estimate of drug-likeness (QED) is 0.327. The number of nitriles is 1. The third kappa shape index (κ3) is 3.89. The van der Waals surface area contributed by atoms with E-state index in [-0.39, 0.29) is 33.9 Å². The molecule has 2 aromatic carbocycles. The van der Waals surface area contributed by atoms with Crippen molar-refractivity contribution in [1.29, 1.82) is 5.26 Å². The first-order chi connectivity index (χ1) is 18.3. The van der Waals surface area contributed by atoms with Crippen molar-refractivity contribution in [2.45, 2.75) is 50.1 Å². The van der Waals surface area contributed by atoms with Crippen LogP contribution in [0.1, 0.15) is 49.2 Å². The molecule has 0 radical (unpaired) electrons. The molecule has 0 fully saturated rings. The predicted molar refractivity (Wildman–Crippen MR) is 141 cm³/mol. The number of H-pyrrole nitrogens is 1. The molecule has 2 heterocycles. The monoisotopic (exact) mass is 554 g/mol. The minimum atomic E-state index is -5.24. The van der Waals surface area contributed by atoms with E-state index in [1.165, 1.54) is 36.5 Å². The van der Waals surface area contributed by atoms with E-state index in [4.69, 9.17) is 5.26 Å². The largest absolute Gasteiger partial charge is 0.428 e. The molecule has 2 atom stereocenters. The standard InChI is InChI=1S/C28H25F3N4O3S/c1-4-18-6-5-12-26(3,15-18)39(37,38)35-13-11-20-21(9-7-17(2)24(20)35)27(36,28(29,30)31)25-33-22-10-8-19(16-32)14-23(22)34-25/h5-11,13-15,36H,4,12H2,1-3H3,(H,33,34). The lowest BCUT2D eigenvalue weighted by atomic mass is 9.88. The molecular formula is C28H25F3N4O3S. The highest BCUT2D eigenvalue weighted by atomic mass is 32.2. The Balaban J connectivity index is 1.76. The van der Waals surface area contributed by atoms with Gasteiger partial charge in [0.25, 0.3) is 0 Å². The minimum Gasteiger partial charge on any atom is -0.370 e. The molecule has 0 bridgehead atoms. The van der Waals surface area contributed by atoms with Gasteiger partial charge < -0.3 is 10.1 Å². The van der Waals surface area contributed by atoms with Gasteiger partial charge in [0.2, 0.25) is 15.6 Å². The molecule has 2 aromatic heterocycles. The van der Waals surface area contributed by atoms with Gasteiger partial charge in [-0.15, -0.1) is 0 Å². The number of aliphatic hydroxyl groups is 1. The van der Waals surface area contributed by atoms with E-state index in [9.17, 15) is 26.7 Å². The van der Waals surface area contributed by atoms with Crippen molar-refractivity contribution in [3.63, 3.8) is 0 Å². The van der Waals surface area contributed by atoms with Gasteiger partial charge in [-0.2, -0.15) is 18.4 Å². The van der Waals surface area contributed by atoms with Crippen LogP contribution in [-0.4, -0.2) is 38.4 Å². The van der Waals surface area contributed by atoms with Gasteiger partial charge in [-0.1, -0.05) is 42.9 Å². The van der Waals surface area contributed by atoms with Crippen molar-refractivity contribution < 1.29 is 26.7 Å². The Morgan fingerprint density at radius 3 is 2.64 bits per heavy atom. The maximum absolute atomic E-state index is 14.7. The summed E-state index contributed by atoms with van der Waals surface area (Å²) in [6.07, 6.45) is 2.15. The van der Waals surface area contributed by atoms with Crippen molar-refractivity contribution in [3.8, 4) is 6.07 Å². The first-order valence-corrected chi connectivity index (χ1v) is 13.6. The molecule has 0 saturated carbocycles. The van der Waals surface area contributed by atoms with Gasteiger partial charge in [0.15, 0.2) is 5.82 Å². The molecule has 0 saturated heterocycles. The number of aryl methyl sites for hydroxylation is 1. The van der Waals surface area contributed by atoms with Crippen LogP contribution in [0.25, 0.3) is 21.9 Å². The average Bonchev–Trinajstić information content (AvgIpc) is 3.53. The van der Waals surface area contributed by atoms with Crippen molar-refractivity contribution in [2.24, 2.45) is 0 Å². The minimum absolute atomic E-state index is 0.0419. The van der Waals surface area contributed by atoms with E-state index in [1.54, 1.807) is 26.0 Å². The second-order valence-electron chi connectivity index (χ2n) is 9.94. The molecule has 0 amide bonds. The molecule has 0 aliphatic heterocycles. The van der Waals surface area contributed by atoms with Crippen LogP contribution in [0.2, 0.25) is 0 Å². The maximum atomic E-state index is 14.7. The highest BCUT2D eigenvalue weighted by Crippen LogP contribution is 2.47. The summed E-state index contributed by atoms with van der Waals surface area (Å²) in [5.74, 6) is -0.791. The lowest BCUT2D eigenvalue weighted by Crippen LogP contribution is -2.44. The number of hydrogen-bond donors (Lipinski definition) is 2. The number of fused-ring (bicyclic) bond motifs is 2. The lowest BCUT2D eigenvalue weighted by molar-refractivity contribution is -0.250. The number of nitrogens with zero attached hydrogens (tertiary/aromatic N) is 3. The van der Waals surface area contributed by atoms with Crippen LogP contribution in [0.3, 0.4) is 0 Å². The smallest absolute Gasteiger partial charge is 0.370 e. The molecule has 7 nitrogen and oxygen atoms in total. The fourth-order valence-electron chi connectivity index (χ4n) is 5.14. The van der Waals surface area contributed by atoms with Gasteiger partial charge in [0, 0.05) is 17.1 Å². The van der Waals surface area contributed by atoms with Crippen molar-refractivity contribution in [2.75, 3.05) is 0 Å². The fourth-order valence-corrected chi connectivity index (χ4v) is 6.90. The number of hydrogen-bond acceptors (Lipinski definition) is 5. The number of benzene rings is 2. The Kier molecular flexibility index (Phi) is 6.05. The molecule has 202 valence electrons. The van der Waals surface area contributed by atoms with Crippen LogP contribution < -0.4 is 0 Å². The third-order valence-electron chi connectivity index (χ3n) is 7.37. The number of aromatic amines is 1. The predicted octanol–water partition coefficient (Wildman–Crippen LogP) is 5.73. The van der Waals surface area contributed by atoms with Crippen LogP contribution >= 0.6 is 0 Å². The zero-order valence-corrected chi connectivity index (χ0v) is 22.2. The molecule has 1 aliphatic carbocycles. The lowest BCUT2D eigenvalue weighted by Gasteiger charge is -2.31. The van der Waals surface area contributed by atoms with Crippen LogP contribution in [0.15, 0.2) is 66.4 Å². The first kappa shape index (κ1) is 26.7. The van der Waals surface area contributed by atoms with Gasteiger partial charge >= 0.3 is 6.18 Å². The summed E-state index contributed by atoms with van der Waals surface area (Å²) in [5.41, 5.74) is -2.38. The zero-order valence-electron chi connectivity index (χ0n) is 21.3. The molecule has 4 aromatic rings. The van der Waals surface area contributed by atoms with Crippen LogP contribution in [0.5, 0.6) is 0 Å². The summed E-state index contributed by atoms with van der Waals surface area (Å²) < 4.78 is 71.9. The van der Waals surface area contributed by atoms with E-state index < -0.39 is 37.9 Å². The number of alkyl halides is 3. The molecule has 2 unspecified atom stereocenters. The second-order valence-corrected chi connectivity index (χ2v) is 12.2. The summed E-state index contributed by atoms with van der Waals surface area (Å²) in [4.78, 5) is 6.54. The zero-order chi connectivity index (χ0) is 28.4. The summed E-state index contributed by atoms with van der Waals surface area (Å²) in [6, 6.07) is 9.81. The average molecular weight is 555 g/mol. The number of imidazole rings is 1. The van der Waals surface area contributed by atoms with Crippen LogP contribution in [-0.2, 0) is 15.6 Å². The van der Waals surface area contributed by atoms with Gasteiger partial charge in [0.1, 0.15) is 4.75 Å². The Hall–Kier alpha value is -3.88. The normalized spacial score (nSPS) is 19.7. The molecule has 39 heavy (non-hydrogen) atoms. The Bertz CT molecular complexity index is 1840. The Morgan fingerprint density at radius 1 is 1.23 bits per heavy atom. The highest BCUT2D eigenvalue weighted by molar-refractivity contribution is 7.91. The third-order valence-corrected chi connectivity index (χ3v) is 9.66. The molecular weight excluding hydrogens is 529 g/mol. The Labute approximate surface area is 223 Å². The van der Waals surface area contributed by atoms with E-state index in [0.29, 0.717) is 12.0 Å². The summed E-state index contributed by atoms with van der Waals surface area (Å²) in [7, 11) is -4.13. The topological polar surface area (TPSA) is 112 Å². The SMILES string of the molecule is CCC1=CC(C)(S(=O)(=O)n2ccc3c(C(O)(c4nc5ccc(C#N)cc5[nH]4)C(F)(F)F)ccc(C)c32)CC=C1. The number of allylic oxidation sites excluding steroid dienone is 3. The number of nitrogens with one attached hydrogen (secondary N) is 1. The van der Waals surface area contributed by atoms with Crippen LogP contribution in [0.4, 0.5) is 13.2 Å². The second kappa shape index (κ2) is 8.83. The van der Waals surface area contributed by atoms with Crippen molar-refractivity contribution >= 4 is 32.0 Å².